The molecule has 0 bridgehead atoms. The van der Waals surface area contributed by atoms with Crippen LogP contribution in [0.2, 0.25) is 0 Å². The minimum atomic E-state index is -1.86. The van der Waals surface area contributed by atoms with Crippen molar-refractivity contribution in [3.05, 3.63) is 41.5 Å². The Morgan fingerprint density at radius 2 is 1.80 bits per heavy atom. The molecule has 1 saturated carbocycles. The molecule has 3 fully saturated rings. The molecular formula is C25H26Cl2N2O6. The quantitative estimate of drug-likeness (QED) is 0.362. The van der Waals surface area contributed by atoms with Crippen molar-refractivity contribution in [2.24, 2.45) is 17.8 Å². The lowest BCUT2D eigenvalue weighted by atomic mass is 9.56. The molecule has 0 aromatic heterocycles. The van der Waals surface area contributed by atoms with Crippen LogP contribution in [-0.4, -0.2) is 75.1 Å². The zero-order valence-electron chi connectivity index (χ0n) is 19.4. The number of carbonyl (C=O) groups excluding carboxylic acids is 4. The number of nitrogens with zero attached hydrogens (tertiary/aromatic N) is 2. The molecule has 186 valence electrons. The van der Waals surface area contributed by atoms with Gasteiger partial charge in [0.2, 0.25) is 11.8 Å². The third-order valence-electron chi connectivity index (χ3n) is 8.00. The molecule has 2 aliphatic heterocycles. The molecule has 1 N–H and O–H groups in total. The maximum atomic E-state index is 13.6. The van der Waals surface area contributed by atoms with Gasteiger partial charge >= 0.3 is 0 Å². The highest BCUT2D eigenvalue weighted by molar-refractivity contribution is 6.53. The van der Waals surface area contributed by atoms with Crippen LogP contribution in [0.15, 0.2) is 35.9 Å². The summed E-state index contributed by atoms with van der Waals surface area (Å²) in [6.45, 7) is 1.81. The van der Waals surface area contributed by atoms with Gasteiger partial charge in [0.15, 0.2) is 9.75 Å². The maximum absolute atomic E-state index is 13.6. The lowest BCUT2D eigenvalue weighted by Crippen LogP contribution is -2.60. The van der Waals surface area contributed by atoms with E-state index in [4.69, 9.17) is 27.9 Å². The number of rotatable bonds is 5. The van der Waals surface area contributed by atoms with E-state index in [9.17, 15) is 24.3 Å². The molecule has 4 aliphatic rings. The number of ether oxygens (including phenoxy) is 1. The van der Waals surface area contributed by atoms with Gasteiger partial charge in [0, 0.05) is 25.1 Å². The molecule has 8 nitrogen and oxygen atoms in total. The number of likely N-dealkylation sites (tertiary alicyclic amines) is 2. The molecule has 10 heteroatoms. The molecular weight excluding hydrogens is 495 g/mol. The van der Waals surface area contributed by atoms with E-state index in [1.165, 1.54) is 11.9 Å². The van der Waals surface area contributed by atoms with Gasteiger partial charge in [-0.3, -0.25) is 29.0 Å². The van der Waals surface area contributed by atoms with E-state index in [1.807, 2.05) is 6.08 Å². The number of para-hydroxylation sites is 1. The van der Waals surface area contributed by atoms with Crippen molar-refractivity contribution < 1.29 is 29.0 Å². The average Bonchev–Trinajstić information content (AvgIpc) is 3.17. The van der Waals surface area contributed by atoms with E-state index in [0.29, 0.717) is 23.3 Å². The van der Waals surface area contributed by atoms with E-state index in [0.717, 1.165) is 4.90 Å². The van der Waals surface area contributed by atoms with Crippen LogP contribution in [0.5, 0.6) is 5.75 Å². The highest BCUT2D eigenvalue weighted by atomic mass is 35.5. The number of alkyl halides is 2. The Morgan fingerprint density at radius 3 is 2.49 bits per heavy atom. The highest BCUT2D eigenvalue weighted by Crippen LogP contribution is 2.65. The maximum Gasteiger partial charge on any atom is 0.253 e. The van der Waals surface area contributed by atoms with Crippen LogP contribution >= 0.6 is 23.2 Å². The zero-order chi connectivity index (χ0) is 25.3. The number of benzene rings is 1. The number of fused-ring (bicyclic) bond motifs is 4. The largest absolute Gasteiger partial charge is 0.491 e. The lowest BCUT2D eigenvalue weighted by Gasteiger charge is -2.51. The molecule has 0 radical (unpaired) electrons. The van der Waals surface area contributed by atoms with Crippen LogP contribution in [0.4, 0.5) is 0 Å². The monoisotopic (exact) mass is 520 g/mol. The first-order valence-corrected chi connectivity index (χ1v) is 12.5. The number of halogens is 2. The van der Waals surface area contributed by atoms with Gasteiger partial charge in [-0.15, -0.1) is 23.2 Å². The standard InChI is InChI=1S/C25H26Cl2N2O6/c1-3-29-20(31)15-9-8-13-16(18(15)21(29)32)12-24(26)22(33)28(2)23(34)25(24,27)19(13)14-6-4-5-7-17(14)35-11-10-30/h4-8,15-16,18-19,30H,3,9-12H2,1-2H3/t15-,16+,18-,19+,24+,25-/m0/s1. The molecule has 5 rings (SSSR count). The van der Waals surface area contributed by atoms with Crippen molar-refractivity contribution >= 4 is 46.8 Å². The molecule has 1 aromatic rings. The second-order valence-corrected chi connectivity index (χ2v) is 10.8. The van der Waals surface area contributed by atoms with Gasteiger partial charge in [-0.25, -0.2) is 0 Å². The van der Waals surface area contributed by atoms with Crippen molar-refractivity contribution in [2.45, 2.75) is 35.4 Å². The summed E-state index contributed by atoms with van der Waals surface area (Å²) in [4.78, 5) is 51.8. The normalized spacial score (nSPS) is 36.2. The molecule has 1 aromatic carbocycles. The predicted molar refractivity (Wildman–Crippen MR) is 127 cm³/mol. The minimum Gasteiger partial charge on any atom is -0.491 e. The first kappa shape index (κ1) is 24.3. The molecule has 0 unspecified atom stereocenters. The minimum absolute atomic E-state index is 0.0173. The second kappa shape index (κ2) is 8.32. The summed E-state index contributed by atoms with van der Waals surface area (Å²) in [6.07, 6.45) is 2.18. The molecule has 4 amide bonds. The topological polar surface area (TPSA) is 104 Å². The molecule has 2 heterocycles. The molecule has 2 saturated heterocycles. The van der Waals surface area contributed by atoms with E-state index in [-0.39, 0.29) is 38.0 Å². The Hall–Kier alpha value is -2.42. The van der Waals surface area contributed by atoms with Crippen LogP contribution in [0, 0.1) is 17.8 Å². The molecule has 2 aliphatic carbocycles. The van der Waals surface area contributed by atoms with Crippen molar-refractivity contribution in [3.8, 4) is 5.75 Å². The fraction of sp³-hybridized carbons (Fsp3) is 0.520. The molecule has 6 atom stereocenters. The van der Waals surface area contributed by atoms with Gasteiger partial charge in [0.1, 0.15) is 12.4 Å². The summed E-state index contributed by atoms with van der Waals surface area (Å²) >= 11 is 14.3. The Balaban J connectivity index is 1.73. The van der Waals surface area contributed by atoms with Gasteiger partial charge in [0.05, 0.1) is 18.4 Å². The number of aliphatic hydroxyl groups is 1. The fourth-order valence-corrected chi connectivity index (χ4v) is 7.48. The van der Waals surface area contributed by atoms with Gasteiger partial charge < -0.3 is 9.84 Å². The summed E-state index contributed by atoms with van der Waals surface area (Å²) in [5, 5.41) is 9.31. The Morgan fingerprint density at radius 1 is 1.09 bits per heavy atom. The molecule has 35 heavy (non-hydrogen) atoms. The van der Waals surface area contributed by atoms with E-state index < -0.39 is 45.2 Å². The molecule has 0 spiro atoms. The number of imide groups is 2. The van der Waals surface area contributed by atoms with Gasteiger partial charge in [-0.1, -0.05) is 29.8 Å². The van der Waals surface area contributed by atoms with Gasteiger partial charge in [0.25, 0.3) is 11.8 Å². The van der Waals surface area contributed by atoms with Crippen molar-refractivity contribution in [2.75, 3.05) is 26.8 Å². The first-order chi connectivity index (χ1) is 16.6. The smallest absolute Gasteiger partial charge is 0.253 e. The third kappa shape index (κ3) is 3.02. The first-order valence-electron chi connectivity index (χ1n) is 11.7. The van der Waals surface area contributed by atoms with Crippen LogP contribution in [0.1, 0.15) is 31.2 Å². The van der Waals surface area contributed by atoms with Crippen molar-refractivity contribution in [3.63, 3.8) is 0 Å². The Kier molecular flexibility index (Phi) is 5.77. The summed E-state index contributed by atoms with van der Waals surface area (Å²) in [5.74, 6) is -4.00. The number of allylic oxidation sites excluding steroid dienone is 2. The second-order valence-electron chi connectivity index (χ2n) is 9.53. The van der Waals surface area contributed by atoms with E-state index in [2.05, 4.69) is 0 Å². The van der Waals surface area contributed by atoms with Crippen LogP contribution in [0.3, 0.4) is 0 Å². The highest BCUT2D eigenvalue weighted by Gasteiger charge is 2.76. The average molecular weight is 521 g/mol. The van der Waals surface area contributed by atoms with E-state index >= 15 is 0 Å². The lowest BCUT2D eigenvalue weighted by molar-refractivity contribution is -0.141. The zero-order valence-corrected chi connectivity index (χ0v) is 20.9. The Bertz CT molecular complexity index is 1170. The third-order valence-corrected chi connectivity index (χ3v) is 9.41. The summed E-state index contributed by atoms with van der Waals surface area (Å²) < 4.78 is 5.78. The number of hydrogen-bond acceptors (Lipinski definition) is 6. The van der Waals surface area contributed by atoms with Crippen LogP contribution in [-0.2, 0) is 19.2 Å². The van der Waals surface area contributed by atoms with Crippen LogP contribution in [0.25, 0.3) is 0 Å². The summed E-state index contributed by atoms with van der Waals surface area (Å²) in [5.41, 5.74) is 1.25. The van der Waals surface area contributed by atoms with Crippen LogP contribution < -0.4 is 4.74 Å². The number of hydrogen-bond donors (Lipinski definition) is 1. The summed E-state index contributed by atoms with van der Waals surface area (Å²) in [7, 11) is 1.35. The van der Waals surface area contributed by atoms with E-state index in [1.54, 1.807) is 31.2 Å². The number of carbonyl (C=O) groups is 4. The summed E-state index contributed by atoms with van der Waals surface area (Å²) in [6, 6.07) is 6.97. The van der Waals surface area contributed by atoms with Crippen molar-refractivity contribution in [1.82, 2.24) is 9.80 Å². The predicted octanol–water partition coefficient (Wildman–Crippen LogP) is 2.07. The van der Waals surface area contributed by atoms with Gasteiger partial charge in [-0.2, -0.15) is 0 Å². The Labute approximate surface area is 212 Å². The SMILES string of the molecule is CCN1C(=O)[C@H]2[C@H](CC=C3[C@H]2C[C@@]2(Cl)C(=O)N(C)C(=O)[C@@]2(Cl)[C@H]3c2ccccc2OCCO)C1=O. The van der Waals surface area contributed by atoms with Crippen molar-refractivity contribution in [1.29, 1.82) is 0 Å². The number of amides is 4. The van der Waals surface area contributed by atoms with Gasteiger partial charge in [-0.05, 0) is 31.7 Å². The number of aliphatic hydroxyl groups excluding tert-OH is 1. The fourth-order valence-electron chi connectivity index (χ4n) is 6.47.